The lowest BCUT2D eigenvalue weighted by Gasteiger charge is -2.22. The van der Waals surface area contributed by atoms with Crippen LogP contribution in [0.2, 0.25) is 0 Å². The zero-order chi connectivity index (χ0) is 22.1. The average molecular weight is 444 g/mol. The summed E-state index contributed by atoms with van der Waals surface area (Å²) in [6.07, 6.45) is -1.94. The first-order chi connectivity index (χ1) is 12.7. The Morgan fingerprint density at radius 2 is 0.821 bits per heavy atom. The molecule has 0 unspecified atom stereocenters. The van der Waals surface area contributed by atoms with Crippen molar-refractivity contribution in [2.45, 2.75) is 79.8 Å². The van der Waals surface area contributed by atoms with Crippen LogP contribution in [0, 0.1) is 0 Å². The van der Waals surface area contributed by atoms with Gasteiger partial charge in [-0.2, -0.15) is 0 Å². The van der Waals surface area contributed by atoms with Gasteiger partial charge < -0.3 is 10.6 Å². The lowest BCUT2D eigenvalue weighted by molar-refractivity contribution is 0.141. The summed E-state index contributed by atoms with van der Waals surface area (Å²) in [5, 5.41) is 4.77. The summed E-state index contributed by atoms with van der Waals surface area (Å²) in [6, 6.07) is 0. The minimum atomic E-state index is -4.02. The van der Waals surface area contributed by atoms with Crippen LogP contribution in [0.25, 0.3) is 0 Å². The molecule has 0 saturated heterocycles. The molecule has 0 aromatic carbocycles. The topological polar surface area (TPSA) is 129 Å². The molecule has 0 saturated carbocycles. The number of hydrogen-bond acceptors (Lipinski definition) is 8. The van der Waals surface area contributed by atoms with E-state index >= 15 is 0 Å². The van der Waals surface area contributed by atoms with Crippen molar-refractivity contribution in [1.82, 2.24) is 10.6 Å². The van der Waals surface area contributed by atoms with Crippen LogP contribution in [-0.2, 0) is 27.2 Å². The van der Waals surface area contributed by atoms with Crippen LogP contribution in [0.3, 0.4) is 0 Å². The highest BCUT2D eigenvalue weighted by Crippen LogP contribution is 2.52. The summed E-state index contributed by atoms with van der Waals surface area (Å²) >= 11 is 0. The molecule has 0 fully saturated rings. The molecule has 0 rings (SSSR count). The third kappa shape index (κ3) is 10.1. The lowest BCUT2D eigenvalue weighted by atomic mass is 10.5. The molecule has 10 nitrogen and oxygen atoms in total. The van der Waals surface area contributed by atoms with Crippen molar-refractivity contribution in [2.24, 2.45) is 0 Å². The highest BCUT2D eigenvalue weighted by Gasteiger charge is 2.38. The van der Waals surface area contributed by atoms with Gasteiger partial charge >= 0.3 is 26.5 Å². The Morgan fingerprint density at radius 3 is 1.00 bits per heavy atom. The first-order valence-corrected chi connectivity index (χ1v) is 12.3. The maximum absolute atomic E-state index is 12.6. The average Bonchev–Trinajstić information content (AvgIpc) is 2.47. The zero-order valence-electron chi connectivity index (χ0n) is 17.9. The van der Waals surface area contributed by atoms with E-state index in [4.69, 9.17) is 18.1 Å². The molecule has 166 valence electrons. The van der Waals surface area contributed by atoms with Gasteiger partial charge in [0.1, 0.15) is 0 Å². The van der Waals surface area contributed by atoms with Crippen LogP contribution < -0.4 is 10.6 Å². The SMILES string of the molecule is CC(C)OP(=O)(OC(C)C)C(=O)NCCNC(=O)P(=O)(OC(C)C)OC(C)C. The summed E-state index contributed by atoms with van der Waals surface area (Å²) < 4.78 is 46.0. The molecule has 12 heteroatoms. The predicted molar refractivity (Wildman–Crippen MR) is 107 cm³/mol. The summed E-state index contributed by atoms with van der Waals surface area (Å²) in [4.78, 5) is 24.5. The van der Waals surface area contributed by atoms with Crippen molar-refractivity contribution in [2.75, 3.05) is 13.1 Å². The molecule has 0 aromatic rings. The smallest absolute Gasteiger partial charge is 0.344 e. The third-order valence-corrected chi connectivity index (χ3v) is 6.68. The number of carbonyl (C=O) groups is 2. The van der Waals surface area contributed by atoms with Crippen molar-refractivity contribution >= 4 is 26.5 Å². The van der Waals surface area contributed by atoms with E-state index in [2.05, 4.69) is 10.6 Å². The summed E-state index contributed by atoms with van der Waals surface area (Å²) in [6.45, 7) is 12.9. The summed E-state index contributed by atoms with van der Waals surface area (Å²) in [5.74, 6) is 0. The van der Waals surface area contributed by atoms with Gasteiger partial charge in [-0.05, 0) is 55.4 Å². The fourth-order valence-electron chi connectivity index (χ4n) is 1.88. The van der Waals surface area contributed by atoms with Gasteiger partial charge in [-0.1, -0.05) is 0 Å². The van der Waals surface area contributed by atoms with Crippen molar-refractivity contribution < 1.29 is 36.8 Å². The van der Waals surface area contributed by atoms with E-state index in [9.17, 15) is 18.7 Å². The monoisotopic (exact) mass is 444 g/mol. The Bertz CT molecular complexity index is 527. The van der Waals surface area contributed by atoms with Crippen LogP contribution in [-0.4, -0.2) is 48.8 Å². The second kappa shape index (κ2) is 12.1. The molecule has 2 amide bonds. The van der Waals surface area contributed by atoms with Crippen molar-refractivity contribution in [1.29, 1.82) is 0 Å². The van der Waals surface area contributed by atoms with Gasteiger partial charge in [0, 0.05) is 13.1 Å². The molecule has 0 spiro atoms. The number of carbonyl (C=O) groups excluding carboxylic acids is 2. The van der Waals surface area contributed by atoms with Gasteiger partial charge in [0.15, 0.2) is 0 Å². The Morgan fingerprint density at radius 1 is 0.607 bits per heavy atom. The largest absolute Gasteiger partial charge is 0.418 e. The van der Waals surface area contributed by atoms with Crippen LogP contribution in [0.15, 0.2) is 0 Å². The molecule has 0 radical (unpaired) electrons. The Labute approximate surface area is 167 Å². The Hall–Kier alpha value is -0.760. The quantitative estimate of drug-likeness (QED) is 0.314. The van der Waals surface area contributed by atoms with Gasteiger partial charge in [0.2, 0.25) is 0 Å². The van der Waals surface area contributed by atoms with E-state index in [1.807, 2.05) is 0 Å². The van der Waals surface area contributed by atoms with Crippen molar-refractivity contribution in [3.63, 3.8) is 0 Å². The molecule has 0 atom stereocenters. The molecule has 0 aliphatic heterocycles. The minimum absolute atomic E-state index is 0.0825. The third-order valence-electron chi connectivity index (χ3n) is 2.57. The number of nitrogens with one attached hydrogen (secondary N) is 2. The van der Waals surface area contributed by atoms with E-state index < -0.39 is 50.9 Å². The number of rotatable bonds is 13. The van der Waals surface area contributed by atoms with Gasteiger partial charge in [-0.25, -0.2) is 9.13 Å². The normalized spacial score (nSPS) is 12.9. The standard InChI is InChI=1S/C16H34N2O8P2/c1-11(2)23-27(21,24-12(3)4)15(19)17-9-10-18-16(20)28(22,25-13(5)6)26-14(7)8/h11-14H,9-10H2,1-8H3,(H,17,19)(H,18,20). The van der Waals surface area contributed by atoms with Gasteiger partial charge in [0.25, 0.3) is 0 Å². The van der Waals surface area contributed by atoms with Gasteiger partial charge in [-0.15, -0.1) is 0 Å². The fraction of sp³-hybridized carbons (Fsp3) is 0.875. The zero-order valence-corrected chi connectivity index (χ0v) is 19.7. The summed E-state index contributed by atoms with van der Waals surface area (Å²) in [5.41, 5.74) is -1.83. The predicted octanol–water partition coefficient (Wildman–Crippen LogP) is 4.49. The molecule has 0 heterocycles. The number of amides is 2. The number of hydrogen-bond donors (Lipinski definition) is 2. The Kier molecular flexibility index (Phi) is 11.7. The highest BCUT2D eigenvalue weighted by molar-refractivity contribution is 7.72. The fourth-order valence-corrected chi connectivity index (χ4v) is 5.20. The van der Waals surface area contributed by atoms with E-state index in [1.54, 1.807) is 55.4 Å². The van der Waals surface area contributed by atoms with Crippen molar-refractivity contribution in [3.05, 3.63) is 0 Å². The molecular formula is C16H34N2O8P2. The van der Waals surface area contributed by atoms with Gasteiger partial charge in [-0.3, -0.25) is 27.7 Å². The van der Waals surface area contributed by atoms with Crippen molar-refractivity contribution in [3.8, 4) is 0 Å². The minimum Gasteiger partial charge on any atom is -0.344 e. The van der Waals surface area contributed by atoms with Gasteiger partial charge in [0.05, 0.1) is 24.4 Å². The molecule has 0 aliphatic rings. The van der Waals surface area contributed by atoms with E-state index in [-0.39, 0.29) is 13.1 Å². The maximum Gasteiger partial charge on any atom is 0.418 e. The maximum atomic E-state index is 12.6. The van der Waals surface area contributed by atoms with Crippen LogP contribution in [0.1, 0.15) is 55.4 Å². The highest BCUT2D eigenvalue weighted by atomic mass is 31.2. The molecule has 0 bridgehead atoms. The van der Waals surface area contributed by atoms with E-state index in [0.29, 0.717) is 0 Å². The molecule has 0 aromatic heterocycles. The van der Waals surface area contributed by atoms with Crippen LogP contribution in [0.5, 0.6) is 0 Å². The molecule has 2 N–H and O–H groups in total. The molecular weight excluding hydrogens is 410 g/mol. The van der Waals surface area contributed by atoms with Crippen LogP contribution >= 0.6 is 15.2 Å². The molecule has 0 aliphatic carbocycles. The van der Waals surface area contributed by atoms with E-state index in [0.717, 1.165) is 0 Å². The van der Waals surface area contributed by atoms with Crippen LogP contribution in [0.4, 0.5) is 9.59 Å². The first-order valence-electron chi connectivity index (χ1n) is 9.22. The Balaban J connectivity index is 4.80. The van der Waals surface area contributed by atoms with E-state index in [1.165, 1.54) is 0 Å². The second-order valence-corrected chi connectivity index (χ2v) is 10.7. The first kappa shape index (κ1) is 27.2. The summed E-state index contributed by atoms with van der Waals surface area (Å²) in [7, 11) is -8.05. The molecule has 28 heavy (non-hydrogen) atoms. The second-order valence-electron chi connectivity index (χ2n) is 7.08. The lowest BCUT2D eigenvalue weighted by Crippen LogP contribution is -2.35.